The van der Waals surface area contributed by atoms with E-state index in [0.29, 0.717) is 11.7 Å². The first-order chi connectivity index (χ1) is 9.58. The number of aromatic amines is 1. The molecule has 0 radical (unpaired) electrons. The van der Waals surface area contributed by atoms with Crippen LogP contribution in [0, 0.1) is 0 Å². The van der Waals surface area contributed by atoms with Gasteiger partial charge < -0.3 is 0 Å². The minimum absolute atomic E-state index is 0.0695. The molecule has 1 atom stereocenters. The quantitative estimate of drug-likeness (QED) is 0.825. The Labute approximate surface area is 121 Å². The van der Waals surface area contributed by atoms with Gasteiger partial charge in [0.1, 0.15) is 5.78 Å². The van der Waals surface area contributed by atoms with E-state index in [4.69, 9.17) is 0 Å². The maximum Gasteiger partial charge on any atom is 0.343 e. The fraction of sp³-hybridized carbons (Fsp3) is 0.357. The fourth-order valence-electron chi connectivity index (χ4n) is 1.72. The Morgan fingerprint density at radius 3 is 2.75 bits per heavy atom. The Morgan fingerprint density at radius 1 is 1.40 bits per heavy atom. The molecule has 0 aliphatic heterocycles. The Morgan fingerprint density at radius 2 is 2.10 bits per heavy atom. The number of carbonyl (C=O) groups is 1. The lowest BCUT2D eigenvalue weighted by molar-refractivity contribution is -0.116. The number of rotatable bonds is 6. The molecule has 0 saturated carbocycles. The molecule has 0 fully saturated rings. The summed E-state index contributed by atoms with van der Waals surface area (Å²) < 4.78 is 1.58. The van der Waals surface area contributed by atoms with Gasteiger partial charge in [-0.3, -0.25) is 9.36 Å². The molecule has 1 unspecified atom stereocenters. The summed E-state index contributed by atoms with van der Waals surface area (Å²) in [6.07, 6.45) is 0.752. The normalized spacial score (nSPS) is 12.3. The van der Waals surface area contributed by atoms with Crippen molar-refractivity contribution in [1.82, 2.24) is 14.8 Å². The second-order valence-corrected chi connectivity index (χ2v) is 5.88. The van der Waals surface area contributed by atoms with Crippen molar-refractivity contribution in [1.29, 1.82) is 0 Å². The van der Waals surface area contributed by atoms with Crippen LogP contribution in [0.3, 0.4) is 0 Å². The lowest BCUT2D eigenvalue weighted by Gasteiger charge is -2.08. The number of thioether (sulfide) groups is 1. The fourth-order valence-corrected chi connectivity index (χ4v) is 2.60. The molecule has 2 aromatic rings. The van der Waals surface area contributed by atoms with Gasteiger partial charge in [0.2, 0.25) is 0 Å². The molecule has 106 valence electrons. The number of carbonyl (C=O) groups excluding carboxylic acids is 1. The number of aromatic nitrogens is 3. The van der Waals surface area contributed by atoms with E-state index in [2.05, 4.69) is 10.2 Å². The zero-order chi connectivity index (χ0) is 14.5. The molecular formula is C14H17N3O2S. The Balaban J connectivity index is 2.09. The van der Waals surface area contributed by atoms with Gasteiger partial charge in [0, 0.05) is 6.54 Å². The van der Waals surface area contributed by atoms with Crippen molar-refractivity contribution >= 4 is 17.5 Å². The molecule has 0 spiro atoms. The predicted molar refractivity (Wildman–Crippen MR) is 79.0 cm³/mol. The molecule has 0 saturated heterocycles. The number of hydrogen-bond donors (Lipinski definition) is 1. The van der Waals surface area contributed by atoms with Crippen LogP contribution in [0.15, 0.2) is 40.3 Å². The topological polar surface area (TPSA) is 67.8 Å². The summed E-state index contributed by atoms with van der Waals surface area (Å²) in [4.78, 5) is 23.1. The smallest absolute Gasteiger partial charge is 0.299 e. The third kappa shape index (κ3) is 3.60. The minimum atomic E-state index is -0.237. The van der Waals surface area contributed by atoms with Crippen LogP contribution in [0.25, 0.3) is 0 Å². The molecule has 1 aromatic carbocycles. The third-order valence-electron chi connectivity index (χ3n) is 3.04. The molecule has 5 nitrogen and oxygen atoms in total. The standard InChI is InChI=1S/C14H17N3O2S/c1-10(18)11(2)20-14-16-15-13(19)17(14)9-8-12-6-4-3-5-7-12/h3-7,11H,8-9H2,1-2H3,(H,15,19). The van der Waals surface area contributed by atoms with Crippen LogP contribution < -0.4 is 5.69 Å². The number of hydrogen-bond acceptors (Lipinski definition) is 4. The van der Waals surface area contributed by atoms with E-state index in [1.54, 1.807) is 4.57 Å². The first kappa shape index (κ1) is 14.6. The summed E-state index contributed by atoms with van der Waals surface area (Å²) in [6.45, 7) is 3.90. The largest absolute Gasteiger partial charge is 0.343 e. The Bertz CT molecular complexity index is 633. The summed E-state index contributed by atoms with van der Waals surface area (Å²) in [5.74, 6) is 0.0695. The maximum absolute atomic E-state index is 11.8. The molecule has 1 N–H and O–H groups in total. The van der Waals surface area contributed by atoms with Crippen LogP contribution in [0.5, 0.6) is 0 Å². The summed E-state index contributed by atoms with van der Waals surface area (Å²) in [6, 6.07) is 9.96. The van der Waals surface area contributed by atoms with Crippen molar-refractivity contribution in [3.8, 4) is 0 Å². The molecule has 1 aromatic heterocycles. The van der Waals surface area contributed by atoms with E-state index in [1.165, 1.54) is 18.7 Å². The van der Waals surface area contributed by atoms with Crippen LogP contribution >= 0.6 is 11.8 Å². The lowest BCUT2D eigenvalue weighted by atomic mass is 10.1. The van der Waals surface area contributed by atoms with Crippen molar-refractivity contribution in [2.24, 2.45) is 0 Å². The number of Topliss-reactive ketones (excluding diaryl/α,β-unsaturated/α-hetero) is 1. The highest BCUT2D eigenvalue weighted by molar-refractivity contribution is 8.00. The zero-order valence-electron chi connectivity index (χ0n) is 11.5. The SMILES string of the molecule is CC(=O)C(C)Sc1n[nH]c(=O)n1CCc1ccccc1. The van der Waals surface area contributed by atoms with Crippen LogP contribution in [-0.4, -0.2) is 25.8 Å². The summed E-state index contributed by atoms with van der Waals surface area (Å²) in [7, 11) is 0. The van der Waals surface area contributed by atoms with Gasteiger partial charge in [-0.15, -0.1) is 5.10 Å². The van der Waals surface area contributed by atoms with Crippen molar-refractivity contribution < 1.29 is 4.79 Å². The van der Waals surface area contributed by atoms with Crippen LogP contribution in [0.4, 0.5) is 0 Å². The molecular weight excluding hydrogens is 274 g/mol. The van der Waals surface area contributed by atoms with E-state index in [1.807, 2.05) is 37.3 Å². The number of H-pyrrole nitrogens is 1. The molecule has 20 heavy (non-hydrogen) atoms. The number of aryl methyl sites for hydroxylation is 1. The van der Waals surface area contributed by atoms with Gasteiger partial charge in [-0.1, -0.05) is 42.1 Å². The van der Waals surface area contributed by atoms with Crippen molar-refractivity contribution in [2.75, 3.05) is 0 Å². The number of ketones is 1. The molecule has 0 amide bonds. The number of benzene rings is 1. The number of nitrogens with one attached hydrogen (secondary N) is 1. The monoisotopic (exact) mass is 291 g/mol. The highest BCUT2D eigenvalue weighted by Crippen LogP contribution is 2.20. The van der Waals surface area contributed by atoms with E-state index < -0.39 is 0 Å². The van der Waals surface area contributed by atoms with E-state index in [0.717, 1.165) is 12.0 Å². The second kappa shape index (κ2) is 6.56. The van der Waals surface area contributed by atoms with Gasteiger partial charge in [-0.25, -0.2) is 9.89 Å². The average molecular weight is 291 g/mol. The summed E-state index contributed by atoms with van der Waals surface area (Å²) in [5, 5.41) is 6.79. The van der Waals surface area contributed by atoms with Gasteiger partial charge in [-0.2, -0.15) is 0 Å². The highest BCUT2D eigenvalue weighted by Gasteiger charge is 2.15. The number of nitrogens with zero attached hydrogens (tertiary/aromatic N) is 2. The molecule has 0 bridgehead atoms. The van der Waals surface area contributed by atoms with E-state index in [-0.39, 0.29) is 16.7 Å². The van der Waals surface area contributed by atoms with Crippen LogP contribution in [-0.2, 0) is 17.8 Å². The molecule has 0 aliphatic carbocycles. The second-order valence-electron chi connectivity index (χ2n) is 4.57. The van der Waals surface area contributed by atoms with Gasteiger partial charge in [0.05, 0.1) is 5.25 Å². The highest BCUT2D eigenvalue weighted by atomic mass is 32.2. The molecule has 6 heteroatoms. The van der Waals surface area contributed by atoms with E-state index >= 15 is 0 Å². The Kier molecular flexibility index (Phi) is 4.79. The van der Waals surface area contributed by atoms with Gasteiger partial charge >= 0.3 is 5.69 Å². The zero-order valence-corrected chi connectivity index (χ0v) is 12.3. The maximum atomic E-state index is 11.8. The third-order valence-corrected chi connectivity index (χ3v) is 4.25. The van der Waals surface area contributed by atoms with Gasteiger partial charge in [-0.05, 0) is 25.8 Å². The van der Waals surface area contributed by atoms with Gasteiger partial charge in [0.25, 0.3) is 0 Å². The van der Waals surface area contributed by atoms with E-state index in [9.17, 15) is 9.59 Å². The predicted octanol–water partition coefficient (Wildman–Crippen LogP) is 1.88. The van der Waals surface area contributed by atoms with Crippen molar-refractivity contribution in [3.63, 3.8) is 0 Å². The van der Waals surface area contributed by atoms with Crippen molar-refractivity contribution in [2.45, 2.75) is 37.2 Å². The average Bonchev–Trinajstić information content (AvgIpc) is 2.78. The first-order valence-corrected chi connectivity index (χ1v) is 7.32. The van der Waals surface area contributed by atoms with Crippen LogP contribution in [0.1, 0.15) is 19.4 Å². The minimum Gasteiger partial charge on any atom is -0.299 e. The van der Waals surface area contributed by atoms with Gasteiger partial charge in [0.15, 0.2) is 5.16 Å². The lowest BCUT2D eigenvalue weighted by Crippen LogP contribution is -2.20. The summed E-state index contributed by atoms with van der Waals surface area (Å²) in [5.41, 5.74) is 0.926. The summed E-state index contributed by atoms with van der Waals surface area (Å²) >= 11 is 1.31. The van der Waals surface area contributed by atoms with Crippen molar-refractivity contribution in [3.05, 3.63) is 46.4 Å². The molecule has 2 rings (SSSR count). The first-order valence-electron chi connectivity index (χ1n) is 6.44. The molecule has 0 aliphatic rings. The molecule has 1 heterocycles. The Hall–Kier alpha value is -1.82. The van der Waals surface area contributed by atoms with Crippen LogP contribution in [0.2, 0.25) is 0 Å².